The number of nitrogens with zero attached hydrogens (tertiary/aromatic N) is 2. The van der Waals surface area contributed by atoms with Gasteiger partial charge in [-0.2, -0.15) is 0 Å². The molecule has 0 aliphatic rings. The fourth-order valence-electron chi connectivity index (χ4n) is 3.88. The molecule has 0 saturated carbocycles. The molecule has 2 aromatic carbocycles. The van der Waals surface area contributed by atoms with E-state index in [2.05, 4.69) is 0 Å². The minimum absolute atomic E-state index is 0.0236. The molecule has 37 heavy (non-hydrogen) atoms. The van der Waals surface area contributed by atoms with Gasteiger partial charge in [0.25, 0.3) is 0 Å². The fraction of sp³-hybridized carbons (Fsp3) is 0.379. The Balaban J connectivity index is 1.71. The molecule has 198 valence electrons. The van der Waals surface area contributed by atoms with Crippen molar-refractivity contribution in [3.05, 3.63) is 78.3 Å². The molecule has 8 heteroatoms. The van der Waals surface area contributed by atoms with Crippen LogP contribution < -0.4 is 9.47 Å². The van der Waals surface area contributed by atoms with Crippen LogP contribution in [0.2, 0.25) is 0 Å². The number of hydrogen-bond donors (Lipinski definition) is 0. The Labute approximate surface area is 223 Å². The SMILES string of the molecule is CCC(C)N(CC(=O)N(CCc1ccc(OC)c(OC)c1)Cc1ccco1)C(=O)CSc1ccccc1. The van der Waals surface area contributed by atoms with Crippen LogP contribution in [0.15, 0.2) is 76.2 Å². The number of benzene rings is 2. The van der Waals surface area contributed by atoms with Gasteiger partial charge in [0.15, 0.2) is 11.5 Å². The molecule has 1 atom stereocenters. The van der Waals surface area contributed by atoms with E-state index in [9.17, 15) is 9.59 Å². The van der Waals surface area contributed by atoms with Crippen LogP contribution in [0.1, 0.15) is 31.6 Å². The van der Waals surface area contributed by atoms with Gasteiger partial charge in [0.05, 0.1) is 32.8 Å². The summed E-state index contributed by atoms with van der Waals surface area (Å²) >= 11 is 1.48. The summed E-state index contributed by atoms with van der Waals surface area (Å²) in [6.07, 6.45) is 2.98. The average molecular weight is 525 g/mol. The molecule has 0 aliphatic carbocycles. The van der Waals surface area contributed by atoms with Crippen molar-refractivity contribution in [1.29, 1.82) is 0 Å². The van der Waals surface area contributed by atoms with Gasteiger partial charge in [0.2, 0.25) is 11.8 Å². The number of carbonyl (C=O) groups excluding carboxylic acids is 2. The van der Waals surface area contributed by atoms with Gasteiger partial charge in [-0.1, -0.05) is 31.2 Å². The normalized spacial score (nSPS) is 11.6. The van der Waals surface area contributed by atoms with Crippen molar-refractivity contribution in [2.45, 2.75) is 44.2 Å². The van der Waals surface area contributed by atoms with Crippen LogP contribution in [0.4, 0.5) is 0 Å². The third-order valence-corrected chi connectivity index (χ3v) is 7.25. The van der Waals surface area contributed by atoms with E-state index in [4.69, 9.17) is 13.9 Å². The van der Waals surface area contributed by atoms with Crippen molar-refractivity contribution in [3.8, 4) is 11.5 Å². The summed E-state index contributed by atoms with van der Waals surface area (Å²) in [4.78, 5) is 31.2. The first-order chi connectivity index (χ1) is 17.9. The standard InChI is InChI=1S/C29H36N2O5S/c1-5-22(2)31(29(33)21-37-25-11-7-6-8-12-25)20-28(32)30(19-24-10-9-17-36-24)16-15-23-13-14-26(34-3)27(18-23)35-4/h6-14,17-18,22H,5,15-16,19-21H2,1-4H3. The maximum Gasteiger partial charge on any atom is 0.242 e. The van der Waals surface area contributed by atoms with Crippen LogP contribution in [0, 0.1) is 0 Å². The molecule has 2 amide bonds. The summed E-state index contributed by atoms with van der Waals surface area (Å²) in [6, 6.07) is 19.2. The zero-order chi connectivity index (χ0) is 26.6. The lowest BCUT2D eigenvalue weighted by Gasteiger charge is -2.31. The van der Waals surface area contributed by atoms with Crippen molar-refractivity contribution in [3.63, 3.8) is 0 Å². The third kappa shape index (κ3) is 8.32. The maximum absolute atomic E-state index is 13.6. The van der Waals surface area contributed by atoms with Gasteiger partial charge in [-0.15, -0.1) is 11.8 Å². The summed E-state index contributed by atoms with van der Waals surface area (Å²) in [7, 11) is 3.20. The smallest absolute Gasteiger partial charge is 0.242 e. The second-order valence-corrected chi connectivity index (χ2v) is 9.76. The highest BCUT2D eigenvalue weighted by atomic mass is 32.2. The van der Waals surface area contributed by atoms with E-state index in [1.807, 2.05) is 74.5 Å². The largest absolute Gasteiger partial charge is 0.493 e. The van der Waals surface area contributed by atoms with E-state index in [0.29, 0.717) is 36.8 Å². The lowest BCUT2D eigenvalue weighted by atomic mass is 10.1. The Kier molecular flexibility index (Phi) is 11.0. The molecule has 0 aliphatic heterocycles. The minimum Gasteiger partial charge on any atom is -0.493 e. The van der Waals surface area contributed by atoms with E-state index >= 15 is 0 Å². The molecule has 0 fully saturated rings. The summed E-state index contributed by atoms with van der Waals surface area (Å²) < 4.78 is 16.3. The number of carbonyl (C=O) groups is 2. The van der Waals surface area contributed by atoms with Gasteiger partial charge in [0, 0.05) is 17.5 Å². The summed E-state index contributed by atoms with van der Waals surface area (Å²) in [5.74, 6) is 2.12. The molecule has 0 bridgehead atoms. The van der Waals surface area contributed by atoms with Gasteiger partial charge in [-0.05, 0) is 61.7 Å². The number of thioether (sulfide) groups is 1. The Morgan fingerprint density at radius 1 is 0.973 bits per heavy atom. The Bertz CT molecular complexity index is 1120. The van der Waals surface area contributed by atoms with E-state index in [0.717, 1.165) is 16.9 Å². The number of amides is 2. The van der Waals surface area contributed by atoms with Gasteiger partial charge in [-0.25, -0.2) is 0 Å². The van der Waals surface area contributed by atoms with Crippen molar-refractivity contribution in [1.82, 2.24) is 9.80 Å². The van der Waals surface area contributed by atoms with E-state index in [-0.39, 0.29) is 30.2 Å². The first-order valence-corrected chi connectivity index (χ1v) is 13.4. The highest BCUT2D eigenvalue weighted by molar-refractivity contribution is 8.00. The highest BCUT2D eigenvalue weighted by Gasteiger charge is 2.25. The Morgan fingerprint density at radius 2 is 1.73 bits per heavy atom. The third-order valence-electron chi connectivity index (χ3n) is 6.25. The first kappa shape index (κ1) is 28.2. The zero-order valence-electron chi connectivity index (χ0n) is 22.0. The lowest BCUT2D eigenvalue weighted by Crippen LogP contribution is -2.47. The van der Waals surface area contributed by atoms with Gasteiger partial charge in [0.1, 0.15) is 12.3 Å². The predicted octanol–water partition coefficient (Wildman–Crippen LogP) is 5.29. The molecule has 3 aromatic rings. The molecule has 1 aromatic heterocycles. The number of ether oxygens (including phenoxy) is 2. The zero-order valence-corrected chi connectivity index (χ0v) is 22.8. The van der Waals surface area contributed by atoms with E-state index in [1.54, 1.807) is 30.3 Å². The summed E-state index contributed by atoms with van der Waals surface area (Å²) in [5.41, 5.74) is 1.02. The van der Waals surface area contributed by atoms with E-state index in [1.165, 1.54) is 11.8 Å². The number of hydrogen-bond acceptors (Lipinski definition) is 6. The summed E-state index contributed by atoms with van der Waals surface area (Å²) in [6.45, 7) is 4.84. The molecule has 1 unspecified atom stereocenters. The van der Waals surface area contributed by atoms with Crippen molar-refractivity contribution < 1.29 is 23.5 Å². The Hall–Kier alpha value is -3.39. The fourth-order valence-corrected chi connectivity index (χ4v) is 4.69. The van der Waals surface area contributed by atoms with Gasteiger partial charge < -0.3 is 23.7 Å². The van der Waals surface area contributed by atoms with Gasteiger partial charge in [-0.3, -0.25) is 9.59 Å². The van der Waals surface area contributed by atoms with Crippen LogP contribution in [-0.2, 0) is 22.6 Å². The van der Waals surface area contributed by atoms with Crippen LogP contribution in [0.3, 0.4) is 0 Å². The quantitative estimate of drug-likeness (QED) is 0.267. The first-order valence-electron chi connectivity index (χ1n) is 12.4. The second-order valence-electron chi connectivity index (χ2n) is 8.71. The average Bonchev–Trinajstić information content (AvgIpc) is 3.45. The number of furan rings is 1. The molecule has 3 rings (SSSR count). The van der Waals surface area contributed by atoms with Crippen molar-refractivity contribution in [2.24, 2.45) is 0 Å². The van der Waals surface area contributed by atoms with Gasteiger partial charge >= 0.3 is 0 Å². The number of methoxy groups -OCH3 is 2. The maximum atomic E-state index is 13.6. The van der Waals surface area contributed by atoms with Crippen molar-refractivity contribution >= 4 is 23.6 Å². The highest BCUT2D eigenvalue weighted by Crippen LogP contribution is 2.28. The number of rotatable bonds is 14. The van der Waals surface area contributed by atoms with Crippen LogP contribution in [-0.4, -0.2) is 60.7 Å². The molecule has 0 N–H and O–H groups in total. The van der Waals surface area contributed by atoms with E-state index < -0.39 is 0 Å². The lowest BCUT2D eigenvalue weighted by molar-refractivity contribution is -0.141. The molecular formula is C29H36N2O5S. The molecule has 0 radical (unpaired) electrons. The molecule has 1 heterocycles. The topological polar surface area (TPSA) is 72.2 Å². The summed E-state index contributed by atoms with van der Waals surface area (Å²) in [5, 5.41) is 0. The van der Waals surface area contributed by atoms with Crippen LogP contribution in [0.25, 0.3) is 0 Å². The molecule has 0 saturated heterocycles. The predicted molar refractivity (Wildman–Crippen MR) is 146 cm³/mol. The molecular weight excluding hydrogens is 488 g/mol. The minimum atomic E-state index is -0.116. The van der Waals surface area contributed by atoms with Crippen LogP contribution >= 0.6 is 11.8 Å². The van der Waals surface area contributed by atoms with Crippen molar-refractivity contribution in [2.75, 3.05) is 33.1 Å². The second kappa shape index (κ2) is 14.4. The molecule has 0 spiro atoms. The monoisotopic (exact) mass is 524 g/mol. The Morgan fingerprint density at radius 3 is 2.38 bits per heavy atom. The molecule has 7 nitrogen and oxygen atoms in total. The van der Waals surface area contributed by atoms with Crippen LogP contribution in [0.5, 0.6) is 11.5 Å².